The van der Waals surface area contributed by atoms with Gasteiger partial charge in [-0.25, -0.2) is 0 Å². The molecule has 0 bridgehead atoms. The Bertz CT molecular complexity index is 2060. The molecule has 3 aliphatic rings. The lowest BCUT2D eigenvalue weighted by atomic mass is 9.96. The fourth-order valence-corrected chi connectivity index (χ4v) is 11.6. The fraction of sp³-hybridized carbons (Fsp3) is 0.770. The third kappa shape index (κ3) is 36.2. The third-order valence-corrected chi connectivity index (χ3v) is 17.4. The number of nitrogens with one attached hydrogen (secondary N) is 1. The van der Waals surface area contributed by atoms with E-state index in [4.69, 9.17) is 28.4 Å². The Morgan fingerprint density at radius 2 is 0.742 bits per heavy atom. The number of rotatable bonds is 54. The Balaban J connectivity index is 1.28. The van der Waals surface area contributed by atoms with Crippen molar-refractivity contribution in [1.29, 1.82) is 0 Å². The van der Waals surface area contributed by atoms with Gasteiger partial charge in [-0.05, 0) is 77.0 Å². The zero-order valence-corrected chi connectivity index (χ0v) is 56.7. The van der Waals surface area contributed by atoms with E-state index in [2.05, 4.69) is 104 Å². The van der Waals surface area contributed by atoms with Gasteiger partial charge in [-0.3, -0.25) is 4.79 Å². The molecule has 3 saturated heterocycles. The first-order chi connectivity index (χ1) is 45.3. The molecular weight excluding hydrogens is 1190 g/mol. The van der Waals surface area contributed by atoms with Crippen LogP contribution in [0.2, 0.25) is 0 Å². The second-order valence-corrected chi connectivity index (χ2v) is 25.3. The van der Waals surface area contributed by atoms with E-state index in [1.165, 1.54) is 116 Å². The molecule has 19 heteroatoms. The van der Waals surface area contributed by atoms with Crippen LogP contribution in [0.5, 0.6) is 0 Å². The van der Waals surface area contributed by atoms with Gasteiger partial charge in [0.15, 0.2) is 18.9 Å². The number of aliphatic hydroxyl groups is 11. The van der Waals surface area contributed by atoms with E-state index in [-0.39, 0.29) is 18.9 Å². The van der Waals surface area contributed by atoms with Gasteiger partial charge in [-0.2, -0.15) is 0 Å². The maximum atomic E-state index is 13.3. The van der Waals surface area contributed by atoms with Crippen LogP contribution < -0.4 is 5.32 Å². The van der Waals surface area contributed by atoms with Gasteiger partial charge in [0.05, 0.1) is 38.6 Å². The molecule has 0 aromatic heterocycles. The van der Waals surface area contributed by atoms with Crippen molar-refractivity contribution in [3.05, 3.63) is 97.2 Å². The van der Waals surface area contributed by atoms with Crippen LogP contribution in [-0.2, 0) is 33.2 Å². The van der Waals surface area contributed by atoms with E-state index in [0.717, 1.165) is 89.9 Å². The van der Waals surface area contributed by atoms with E-state index in [0.29, 0.717) is 6.42 Å². The number of aliphatic hydroxyl groups excluding tert-OH is 11. The molecule has 0 aromatic carbocycles. The maximum Gasteiger partial charge on any atom is 0.220 e. The highest BCUT2D eigenvalue weighted by molar-refractivity contribution is 5.76. The van der Waals surface area contributed by atoms with E-state index in [1.54, 1.807) is 6.08 Å². The highest BCUT2D eigenvalue weighted by atomic mass is 16.8. The summed E-state index contributed by atoms with van der Waals surface area (Å²) < 4.78 is 34.2. The molecule has 17 unspecified atom stereocenters. The van der Waals surface area contributed by atoms with Gasteiger partial charge < -0.3 is 89.9 Å². The van der Waals surface area contributed by atoms with Crippen LogP contribution in [0.15, 0.2) is 97.2 Å². The highest BCUT2D eigenvalue weighted by Gasteiger charge is 2.53. The monoisotopic (exact) mass is 1320 g/mol. The van der Waals surface area contributed by atoms with Crippen molar-refractivity contribution in [2.45, 2.75) is 336 Å². The van der Waals surface area contributed by atoms with E-state index in [9.17, 15) is 61.0 Å². The minimum atomic E-state index is -1.98. The SMILES string of the molecule is CC/C=C\C/C=C\C/C=C\C/C=C\C/C=C\C/C=C\C/C=C\CCCCCCCCCCCCCCCCCCCC(=O)NC(COC1OC(CO)C(OC2OC(CO)C(OC3OC(CO)C(O)C(O)C3O)C(O)C2O)C(O)C1O)C(O)/C=C/CCCCCCCCC. The van der Waals surface area contributed by atoms with Gasteiger partial charge in [0, 0.05) is 6.42 Å². The number of amides is 1. The largest absolute Gasteiger partial charge is 0.394 e. The zero-order chi connectivity index (χ0) is 67.5. The van der Waals surface area contributed by atoms with Crippen molar-refractivity contribution >= 4 is 5.91 Å². The fourth-order valence-electron chi connectivity index (χ4n) is 11.6. The van der Waals surface area contributed by atoms with Crippen LogP contribution in [0, 0.1) is 0 Å². The van der Waals surface area contributed by atoms with Gasteiger partial charge >= 0.3 is 0 Å². The summed E-state index contributed by atoms with van der Waals surface area (Å²) in [5.41, 5.74) is 0. The Hall–Kier alpha value is -3.29. The summed E-state index contributed by atoms with van der Waals surface area (Å²) in [6.45, 7) is 1.56. The summed E-state index contributed by atoms with van der Waals surface area (Å²) in [7, 11) is 0. The highest BCUT2D eigenvalue weighted by Crippen LogP contribution is 2.33. The molecule has 0 spiro atoms. The minimum Gasteiger partial charge on any atom is -0.394 e. The topological polar surface area (TPSA) is 307 Å². The van der Waals surface area contributed by atoms with Crippen molar-refractivity contribution in [1.82, 2.24) is 5.32 Å². The Kier molecular flexibility index (Phi) is 49.4. The molecule has 3 fully saturated rings. The molecule has 93 heavy (non-hydrogen) atoms. The first-order valence-electron chi connectivity index (χ1n) is 36.0. The quantitative estimate of drug-likeness (QED) is 0.0199. The molecule has 0 aliphatic carbocycles. The lowest BCUT2D eigenvalue weighted by Crippen LogP contribution is -2.66. The number of unbranched alkanes of at least 4 members (excludes halogenated alkanes) is 24. The van der Waals surface area contributed by atoms with Crippen molar-refractivity contribution in [2.75, 3.05) is 26.4 Å². The van der Waals surface area contributed by atoms with Crippen molar-refractivity contribution in [2.24, 2.45) is 0 Å². The number of ether oxygens (including phenoxy) is 6. The molecule has 12 N–H and O–H groups in total. The molecule has 19 nitrogen and oxygen atoms in total. The van der Waals surface area contributed by atoms with Crippen LogP contribution >= 0.6 is 0 Å². The van der Waals surface area contributed by atoms with Crippen LogP contribution in [0.4, 0.5) is 0 Å². The molecule has 1 amide bonds. The van der Waals surface area contributed by atoms with Crippen molar-refractivity contribution in [3.63, 3.8) is 0 Å². The number of carbonyl (C=O) groups is 1. The van der Waals surface area contributed by atoms with E-state index < -0.39 is 124 Å². The normalized spacial score (nSPS) is 28.1. The molecule has 3 aliphatic heterocycles. The second kappa shape index (κ2) is 54.7. The Labute approximate surface area is 558 Å². The number of allylic oxidation sites excluding steroid dienone is 15. The number of carbonyl (C=O) groups excluding carboxylic acids is 1. The second-order valence-electron chi connectivity index (χ2n) is 25.3. The first-order valence-corrected chi connectivity index (χ1v) is 36.0. The van der Waals surface area contributed by atoms with E-state index >= 15 is 0 Å². The zero-order valence-electron chi connectivity index (χ0n) is 56.7. The standard InChI is InChI=1S/C74H127NO18/c1-3-5-7-9-11-13-14-15-16-17-18-19-20-21-22-23-24-25-26-27-28-29-30-31-32-33-34-35-36-37-38-39-40-41-42-44-46-48-50-52-62(80)75-57(58(79)51-49-47-45-43-12-10-8-6-4-2)56-88-72-68(86)65(83)70(60(54-77)90-72)93-74-69(87)66(84)71(61(55-78)91-74)92-73-67(85)64(82)63(81)59(53-76)89-73/h5,7,11,13,15-16,18-19,21-22,24-25,27-28,49,51,57-61,63-74,76-79,81-87H,3-4,6,8-10,12,14,17,20,23,26,29-48,50,52-56H2,1-2H3,(H,75,80)/b7-5-,13-11-,16-15-,19-18-,22-21-,25-24-,28-27-,51-49+. The predicted octanol–water partition coefficient (Wildman–Crippen LogP) is 10.0. The molecule has 3 rings (SSSR count). The minimum absolute atomic E-state index is 0.240. The molecule has 3 heterocycles. The summed E-state index contributed by atoms with van der Waals surface area (Å²) in [4.78, 5) is 13.3. The molecule has 17 atom stereocenters. The number of hydrogen-bond donors (Lipinski definition) is 12. The van der Waals surface area contributed by atoms with Crippen LogP contribution in [0.3, 0.4) is 0 Å². The average molecular weight is 1320 g/mol. The Morgan fingerprint density at radius 3 is 1.16 bits per heavy atom. The average Bonchev–Trinajstić information content (AvgIpc) is 0.828. The van der Waals surface area contributed by atoms with Gasteiger partial charge in [0.2, 0.25) is 5.91 Å². The summed E-state index contributed by atoms with van der Waals surface area (Å²) in [5, 5.41) is 120. The van der Waals surface area contributed by atoms with E-state index in [1.807, 2.05) is 6.08 Å². The summed E-state index contributed by atoms with van der Waals surface area (Å²) in [6.07, 6.45) is 45.8. The van der Waals surface area contributed by atoms with Crippen molar-refractivity contribution in [3.8, 4) is 0 Å². The van der Waals surface area contributed by atoms with Gasteiger partial charge in [0.1, 0.15) is 73.2 Å². The maximum absolute atomic E-state index is 13.3. The van der Waals surface area contributed by atoms with Crippen molar-refractivity contribution < 1.29 is 89.4 Å². The molecule has 536 valence electrons. The van der Waals surface area contributed by atoms with Gasteiger partial charge in [-0.15, -0.1) is 0 Å². The Morgan fingerprint density at radius 1 is 0.398 bits per heavy atom. The first kappa shape index (κ1) is 83.9. The number of hydrogen-bond acceptors (Lipinski definition) is 18. The summed E-state index contributed by atoms with van der Waals surface area (Å²) in [6, 6.07) is -0.974. The summed E-state index contributed by atoms with van der Waals surface area (Å²) >= 11 is 0. The van der Waals surface area contributed by atoms with Gasteiger partial charge in [0.25, 0.3) is 0 Å². The molecule has 0 saturated carbocycles. The van der Waals surface area contributed by atoms with Crippen LogP contribution in [0.1, 0.15) is 232 Å². The van der Waals surface area contributed by atoms with Gasteiger partial charge in [-0.1, -0.05) is 246 Å². The molecular formula is C74H127NO18. The molecule has 0 radical (unpaired) electrons. The molecule has 0 aromatic rings. The summed E-state index contributed by atoms with van der Waals surface area (Å²) in [5.74, 6) is -0.280. The lowest BCUT2D eigenvalue weighted by molar-refractivity contribution is -0.379. The predicted molar refractivity (Wildman–Crippen MR) is 364 cm³/mol. The van der Waals surface area contributed by atoms with Crippen LogP contribution in [-0.4, -0.2) is 193 Å². The smallest absolute Gasteiger partial charge is 0.220 e. The third-order valence-electron chi connectivity index (χ3n) is 17.4. The van der Waals surface area contributed by atoms with Crippen LogP contribution in [0.25, 0.3) is 0 Å². The lowest BCUT2D eigenvalue weighted by Gasteiger charge is -2.48.